The van der Waals surface area contributed by atoms with Crippen LogP contribution in [-0.4, -0.2) is 0 Å². The molecule has 72 valence electrons. The molecule has 5 heteroatoms. The van der Waals surface area contributed by atoms with Crippen molar-refractivity contribution in [2.45, 2.75) is 13.1 Å². The molecule has 0 atom stereocenters. The largest absolute Gasteiger partial charge is 0.418 e. The van der Waals surface area contributed by atoms with Gasteiger partial charge in [0.15, 0.2) is 0 Å². The summed E-state index contributed by atoms with van der Waals surface area (Å²) < 4.78 is 37.0. The summed E-state index contributed by atoms with van der Waals surface area (Å²) in [5.74, 6) is 0. The molecule has 0 spiro atoms. The molecule has 0 saturated carbocycles. The Labute approximate surface area is 73.3 Å². The van der Waals surface area contributed by atoms with Crippen molar-refractivity contribution in [3.63, 3.8) is 0 Å². The van der Waals surface area contributed by atoms with E-state index in [0.29, 0.717) is 0 Å². The van der Waals surface area contributed by atoms with Gasteiger partial charge in [-0.15, -0.1) is 0 Å². The summed E-state index contributed by atoms with van der Waals surface area (Å²) >= 11 is 0. The molecule has 1 aromatic rings. The Hall–Kier alpha value is -1.39. The van der Waals surface area contributed by atoms with Crippen LogP contribution in [0.3, 0.4) is 0 Å². The quantitative estimate of drug-likeness (QED) is 0.616. The van der Waals surface area contributed by atoms with E-state index in [0.717, 1.165) is 6.07 Å². The van der Waals surface area contributed by atoms with Gasteiger partial charge in [-0.3, -0.25) is 0 Å². The van der Waals surface area contributed by atoms with Crippen molar-refractivity contribution in [1.82, 2.24) is 0 Å². The second-order valence-corrected chi connectivity index (χ2v) is 2.80. The lowest BCUT2D eigenvalue weighted by molar-refractivity contribution is -0.137. The summed E-state index contributed by atoms with van der Waals surface area (Å²) in [5.41, 5.74) is 9.69. The first kappa shape index (κ1) is 9.70. The standard InChI is InChI=1S/C8H9F3N2/c1-4-2-5(12)3-6(13)7(4)8(9,10)11/h2-3H,12-13H2,1H3. The molecule has 0 bridgehead atoms. The van der Waals surface area contributed by atoms with Gasteiger partial charge in [-0.2, -0.15) is 13.2 Å². The van der Waals surface area contributed by atoms with Crippen LogP contribution >= 0.6 is 0 Å². The molecule has 0 aromatic heterocycles. The van der Waals surface area contributed by atoms with Crippen molar-refractivity contribution < 1.29 is 13.2 Å². The number of anilines is 2. The fraction of sp³-hybridized carbons (Fsp3) is 0.250. The maximum Gasteiger partial charge on any atom is 0.418 e. The second kappa shape index (κ2) is 2.83. The normalized spacial score (nSPS) is 11.7. The molecular formula is C8H9F3N2. The Balaban J connectivity index is 3.38. The van der Waals surface area contributed by atoms with Crippen LogP contribution in [0.5, 0.6) is 0 Å². The molecular weight excluding hydrogens is 181 g/mol. The second-order valence-electron chi connectivity index (χ2n) is 2.80. The third kappa shape index (κ3) is 1.85. The minimum Gasteiger partial charge on any atom is -0.399 e. The predicted molar refractivity (Wildman–Crippen MR) is 45.0 cm³/mol. The minimum atomic E-state index is -4.41. The molecule has 0 heterocycles. The molecule has 13 heavy (non-hydrogen) atoms. The number of nitrogens with two attached hydrogens (primary N) is 2. The Morgan fingerprint density at radius 2 is 1.69 bits per heavy atom. The lowest BCUT2D eigenvalue weighted by atomic mass is 10.1. The zero-order chi connectivity index (χ0) is 10.2. The zero-order valence-electron chi connectivity index (χ0n) is 6.94. The average molecular weight is 190 g/mol. The van der Waals surface area contributed by atoms with E-state index in [1.165, 1.54) is 13.0 Å². The first-order chi connectivity index (χ1) is 5.82. The number of hydrogen-bond donors (Lipinski definition) is 2. The summed E-state index contributed by atoms with van der Waals surface area (Å²) in [6.07, 6.45) is -4.41. The number of halogens is 3. The molecule has 0 saturated heterocycles. The van der Waals surface area contributed by atoms with E-state index in [4.69, 9.17) is 11.5 Å². The van der Waals surface area contributed by atoms with E-state index in [1.807, 2.05) is 0 Å². The predicted octanol–water partition coefficient (Wildman–Crippen LogP) is 2.18. The van der Waals surface area contributed by atoms with Crippen LogP contribution in [0.1, 0.15) is 11.1 Å². The fourth-order valence-electron chi connectivity index (χ4n) is 1.23. The topological polar surface area (TPSA) is 52.0 Å². The van der Waals surface area contributed by atoms with E-state index in [2.05, 4.69) is 0 Å². The maximum absolute atomic E-state index is 12.3. The summed E-state index contributed by atoms with van der Waals surface area (Å²) in [6, 6.07) is 2.36. The van der Waals surface area contributed by atoms with Gasteiger partial charge < -0.3 is 11.5 Å². The number of aryl methyl sites for hydroxylation is 1. The molecule has 0 radical (unpaired) electrons. The highest BCUT2D eigenvalue weighted by molar-refractivity contribution is 5.61. The first-order valence-electron chi connectivity index (χ1n) is 3.55. The van der Waals surface area contributed by atoms with Crippen LogP contribution in [0.4, 0.5) is 24.5 Å². The zero-order valence-corrected chi connectivity index (χ0v) is 6.94. The molecule has 0 fully saturated rings. The first-order valence-corrected chi connectivity index (χ1v) is 3.55. The Morgan fingerprint density at radius 3 is 2.08 bits per heavy atom. The van der Waals surface area contributed by atoms with Gasteiger partial charge >= 0.3 is 6.18 Å². The molecule has 0 aliphatic carbocycles. The summed E-state index contributed by atoms with van der Waals surface area (Å²) in [5, 5.41) is 0. The SMILES string of the molecule is Cc1cc(N)cc(N)c1C(F)(F)F. The van der Waals surface area contributed by atoms with Gasteiger partial charge in [0.2, 0.25) is 0 Å². The van der Waals surface area contributed by atoms with Gasteiger partial charge in [0.25, 0.3) is 0 Å². The number of rotatable bonds is 0. The van der Waals surface area contributed by atoms with E-state index in [-0.39, 0.29) is 16.9 Å². The third-order valence-corrected chi connectivity index (χ3v) is 1.67. The van der Waals surface area contributed by atoms with Crippen LogP contribution in [0.25, 0.3) is 0 Å². The molecule has 0 aliphatic heterocycles. The monoisotopic (exact) mass is 190 g/mol. The van der Waals surface area contributed by atoms with E-state index in [1.54, 1.807) is 0 Å². The smallest absolute Gasteiger partial charge is 0.399 e. The molecule has 0 amide bonds. The molecule has 1 rings (SSSR count). The van der Waals surface area contributed by atoms with Gasteiger partial charge in [0, 0.05) is 11.4 Å². The Kier molecular flexibility index (Phi) is 2.11. The van der Waals surface area contributed by atoms with Gasteiger partial charge in [-0.25, -0.2) is 0 Å². The summed E-state index contributed by atoms with van der Waals surface area (Å²) in [7, 11) is 0. The van der Waals surface area contributed by atoms with Gasteiger partial charge in [-0.05, 0) is 24.6 Å². The van der Waals surface area contributed by atoms with Crippen molar-refractivity contribution in [3.8, 4) is 0 Å². The number of nitrogen functional groups attached to an aromatic ring is 2. The van der Waals surface area contributed by atoms with Crippen LogP contribution < -0.4 is 11.5 Å². The Morgan fingerprint density at radius 1 is 1.15 bits per heavy atom. The van der Waals surface area contributed by atoms with Crippen molar-refractivity contribution in [1.29, 1.82) is 0 Å². The van der Waals surface area contributed by atoms with Crippen LogP contribution in [0.2, 0.25) is 0 Å². The maximum atomic E-state index is 12.3. The van der Waals surface area contributed by atoms with E-state index >= 15 is 0 Å². The highest BCUT2D eigenvalue weighted by Gasteiger charge is 2.34. The average Bonchev–Trinajstić information content (AvgIpc) is 1.78. The molecule has 2 nitrogen and oxygen atoms in total. The molecule has 0 aliphatic rings. The summed E-state index contributed by atoms with van der Waals surface area (Å²) in [6.45, 7) is 1.33. The van der Waals surface area contributed by atoms with Crippen LogP contribution in [-0.2, 0) is 6.18 Å². The summed E-state index contributed by atoms with van der Waals surface area (Å²) in [4.78, 5) is 0. The third-order valence-electron chi connectivity index (χ3n) is 1.67. The van der Waals surface area contributed by atoms with E-state index in [9.17, 15) is 13.2 Å². The van der Waals surface area contributed by atoms with Gasteiger partial charge in [0.05, 0.1) is 5.56 Å². The highest BCUT2D eigenvalue weighted by atomic mass is 19.4. The van der Waals surface area contributed by atoms with Crippen LogP contribution in [0, 0.1) is 6.92 Å². The molecule has 0 unspecified atom stereocenters. The lowest BCUT2D eigenvalue weighted by Crippen LogP contribution is -2.11. The van der Waals surface area contributed by atoms with Crippen molar-refractivity contribution in [3.05, 3.63) is 23.3 Å². The fourth-order valence-corrected chi connectivity index (χ4v) is 1.23. The number of alkyl halides is 3. The van der Waals surface area contributed by atoms with Crippen LogP contribution in [0.15, 0.2) is 12.1 Å². The molecule has 1 aromatic carbocycles. The number of benzene rings is 1. The van der Waals surface area contributed by atoms with Crippen molar-refractivity contribution in [2.75, 3.05) is 11.5 Å². The van der Waals surface area contributed by atoms with Crippen molar-refractivity contribution >= 4 is 11.4 Å². The number of hydrogen-bond acceptors (Lipinski definition) is 2. The van der Waals surface area contributed by atoms with E-state index < -0.39 is 11.7 Å². The highest BCUT2D eigenvalue weighted by Crippen LogP contribution is 2.36. The van der Waals surface area contributed by atoms with Gasteiger partial charge in [-0.1, -0.05) is 0 Å². The van der Waals surface area contributed by atoms with Crippen molar-refractivity contribution in [2.24, 2.45) is 0 Å². The Bertz CT molecular complexity index is 308. The molecule has 4 N–H and O–H groups in total. The van der Waals surface area contributed by atoms with Gasteiger partial charge in [0.1, 0.15) is 0 Å². The minimum absolute atomic E-state index is 0.0463. The lowest BCUT2D eigenvalue weighted by Gasteiger charge is -2.13.